The summed E-state index contributed by atoms with van der Waals surface area (Å²) < 4.78 is 0. The van der Waals surface area contributed by atoms with Crippen molar-refractivity contribution in [2.75, 3.05) is 4.90 Å². The van der Waals surface area contributed by atoms with E-state index in [0.717, 1.165) is 52.9 Å². The van der Waals surface area contributed by atoms with Crippen LogP contribution < -0.4 is 4.90 Å². The molecule has 156 valence electrons. The van der Waals surface area contributed by atoms with Crippen LogP contribution in [0.2, 0.25) is 0 Å². The molecule has 0 aromatic heterocycles. The molecule has 0 aliphatic heterocycles. The van der Waals surface area contributed by atoms with Crippen LogP contribution in [0.3, 0.4) is 0 Å². The maximum Gasteiger partial charge on any atom is 0.0452 e. The van der Waals surface area contributed by atoms with Gasteiger partial charge in [0.2, 0.25) is 0 Å². The molecular formula is C29H35N. The summed E-state index contributed by atoms with van der Waals surface area (Å²) in [5.41, 5.74) is 6.32. The van der Waals surface area contributed by atoms with Crippen LogP contribution in [0.5, 0.6) is 0 Å². The van der Waals surface area contributed by atoms with E-state index in [1.54, 1.807) is 6.08 Å². The summed E-state index contributed by atoms with van der Waals surface area (Å²) in [7, 11) is 0. The molecular weight excluding hydrogens is 362 g/mol. The Kier molecular flexibility index (Phi) is 11.4. The largest absolute Gasteiger partial charge is 0.322 e. The summed E-state index contributed by atoms with van der Waals surface area (Å²) in [6.07, 6.45) is 20.2. The van der Waals surface area contributed by atoms with Crippen molar-refractivity contribution in [3.05, 3.63) is 134 Å². The summed E-state index contributed by atoms with van der Waals surface area (Å²) in [4.78, 5) is 2.11. The first-order chi connectivity index (χ1) is 14.4. The fraction of sp³-hybridized carbons (Fsp3) is 0.172. The predicted octanol–water partition coefficient (Wildman–Crippen LogP) is 8.71. The van der Waals surface area contributed by atoms with Crippen LogP contribution in [0.4, 0.5) is 5.69 Å². The Labute approximate surface area is 183 Å². The van der Waals surface area contributed by atoms with Crippen molar-refractivity contribution in [3.8, 4) is 0 Å². The topological polar surface area (TPSA) is 3.24 Å². The van der Waals surface area contributed by atoms with Gasteiger partial charge < -0.3 is 4.90 Å². The SMILES string of the molecule is C=C/C=C\C=C\N(C(=C)CCC(=C)C(=C)CC)c1ccc(C(=C)/C=C\C=C/C)cc1. The Hall–Kier alpha value is -3.32. The first kappa shape index (κ1) is 24.7. The second-order valence-corrected chi connectivity index (χ2v) is 6.92. The van der Waals surface area contributed by atoms with Crippen LogP contribution in [0.25, 0.3) is 5.57 Å². The third-order valence-electron chi connectivity index (χ3n) is 4.69. The van der Waals surface area contributed by atoms with Gasteiger partial charge in [0.05, 0.1) is 0 Å². The van der Waals surface area contributed by atoms with Gasteiger partial charge in [0, 0.05) is 17.6 Å². The number of nitrogens with zero attached hydrogens (tertiary/aromatic N) is 1. The zero-order valence-electron chi connectivity index (χ0n) is 18.6. The van der Waals surface area contributed by atoms with Crippen molar-refractivity contribution in [2.24, 2.45) is 0 Å². The highest BCUT2D eigenvalue weighted by molar-refractivity contribution is 5.73. The quantitative estimate of drug-likeness (QED) is 0.301. The molecule has 1 aromatic carbocycles. The standard InChI is InChI=1S/C29H35N/c1-8-11-13-15-23-30(27(7)18-17-25(5)24(4)10-3)29-21-19-28(20-22-29)26(6)16-14-12-9-2/h8-9,11-16,19-23H,1,4-7,10,17-18H2,2-3H3/b12-9-,13-11-,16-14-,23-15+. The lowest BCUT2D eigenvalue weighted by atomic mass is 10.0. The first-order valence-corrected chi connectivity index (χ1v) is 10.3. The van der Waals surface area contributed by atoms with Gasteiger partial charge in [-0.3, -0.25) is 0 Å². The molecule has 0 spiro atoms. The molecule has 30 heavy (non-hydrogen) atoms. The van der Waals surface area contributed by atoms with E-state index in [0.29, 0.717) is 0 Å². The number of allylic oxidation sites excluding steroid dienone is 12. The number of hydrogen-bond acceptors (Lipinski definition) is 1. The highest BCUT2D eigenvalue weighted by atomic mass is 15.1. The Balaban J connectivity index is 3.03. The average Bonchev–Trinajstić information content (AvgIpc) is 2.77. The smallest absolute Gasteiger partial charge is 0.0452 e. The van der Waals surface area contributed by atoms with Gasteiger partial charge in [0.15, 0.2) is 0 Å². The first-order valence-electron chi connectivity index (χ1n) is 10.3. The lowest BCUT2D eigenvalue weighted by Crippen LogP contribution is -2.14. The monoisotopic (exact) mass is 397 g/mol. The predicted molar refractivity (Wildman–Crippen MR) is 137 cm³/mol. The zero-order valence-corrected chi connectivity index (χ0v) is 18.6. The highest BCUT2D eigenvalue weighted by Crippen LogP contribution is 2.26. The van der Waals surface area contributed by atoms with Crippen LogP contribution in [-0.2, 0) is 0 Å². The van der Waals surface area contributed by atoms with Crippen molar-refractivity contribution < 1.29 is 0 Å². The molecule has 0 radical (unpaired) electrons. The molecule has 1 rings (SSSR count). The van der Waals surface area contributed by atoms with E-state index >= 15 is 0 Å². The van der Waals surface area contributed by atoms with E-state index < -0.39 is 0 Å². The third-order valence-corrected chi connectivity index (χ3v) is 4.69. The molecule has 0 N–H and O–H groups in total. The van der Waals surface area contributed by atoms with E-state index in [1.807, 2.05) is 55.7 Å². The Bertz CT molecular complexity index is 869. The molecule has 1 heteroatoms. The molecule has 0 amide bonds. The minimum atomic E-state index is 0.813. The fourth-order valence-corrected chi connectivity index (χ4v) is 2.71. The van der Waals surface area contributed by atoms with Crippen molar-refractivity contribution in [1.29, 1.82) is 0 Å². The zero-order chi connectivity index (χ0) is 22.4. The molecule has 0 bridgehead atoms. The molecule has 0 saturated heterocycles. The number of rotatable bonds is 13. The van der Waals surface area contributed by atoms with Gasteiger partial charge in [0.1, 0.15) is 0 Å². The summed E-state index contributed by atoms with van der Waals surface area (Å²) >= 11 is 0. The van der Waals surface area contributed by atoms with Crippen LogP contribution in [0, 0.1) is 0 Å². The maximum atomic E-state index is 4.32. The summed E-state index contributed by atoms with van der Waals surface area (Å²) in [5, 5.41) is 0. The fourth-order valence-electron chi connectivity index (χ4n) is 2.71. The van der Waals surface area contributed by atoms with E-state index in [-0.39, 0.29) is 0 Å². The molecule has 0 heterocycles. The Morgan fingerprint density at radius 2 is 1.57 bits per heavy atom. The Morgan fingerprint density at radius 3 is 2.17 bits per heavy atom. The van der Waals surface area contributed by atoms with Crippen molar-refractivity contribution in [2.45, 2.75) is 33.1 Å². The lowest BCUT2D eigenvalue weighted by molar-refractivity contribution is 0.890. The van der Waals surface area contributed by atoms with Gasteiger partial charge in [-0.1, -0.05) is 106 Å². The van der Waals surface area contributed by atoms with Crippen LogP contribution in [0.15, 0.2) is 129 Å². The molecule has 0 saturated carbocycles. The molecule has 0 unspecified atom stereocenters. The van der Waals surface area contributed by atoms with E-state index in [9.17, 15) is 0 Å². The Morgan fingerprint density at radius 1 is 0.867 bits per heavy atom. The second kappa shape index (κ2) is 13.8. The maximum absolute atomic E-state index is 4.32. The molecule has 0 fully saturated rings. The van der Waals surface area contributed by atoms with Gasteiger partial charge >= 0.3 is 0 Å². The van der Waals surface area contributed by atoms with E-state index in [2.05, 4.69) is 69.0 Å². The van der Waals surface area contributed by atoms with Gasteiger partial charge in [-0.25, -0.2) is 0 Å². The highest BCUT2D eigenvalue weighted by Gasteiger charge is 2.09. The number of benzene rings is 1. The van der Waals surface area contributed by atoms with Crippen molar-refractivity contribution in [1.82, 2.24) is 0 Å². The second-order valence-electron chi connectivity index (χ2n) is 6.92. The minimum absolute atomic E-state index is 0.813. The third kappa shape index (κ3) is 8.36. The van der Waals surface area contributed by atoms with E-state index in [4.69, 9.17) is 0 Å². The molecule has 1 nitrogen and oxygen atoms in total. The summed E-state index contributed by atoms with van der Waals surface area (Å²) in [5.74, 6) is 0. The van der Waals surface area contributed by atoms with Crippen LogP contribution in [0.1, 0.15) is 38.7 Å². The average molecular weight is 398 g/mol. The molecule has 0 atom stereocenters. The van der Waals surface area contributed by atoms with Crippen LogP contribution >= 0.6 is 0 Å². The molecule has 1 aromatic rings. The number of anilines is 1. The van der Waals surface area contributed by atoms with Gasteiger partial charge in [-0.05, 0) is 55.5 Å². The summed E-state index contributed by atoms with van der Waals surface area (Å²) in [6.45, 7) is 24.5. The number of hydrogen-bond donors (Lipinski definition) is 0. The molecule has 0 aliphatic rings. The van der Waals surface area contributed by atoms with Gasteiger partial charge in [-0.15, -0.1) is 0 Å². The lowest BCUT2D eigenvalue weighted by Gasteiger charge is -2.24. The van der Waals surface area contributed by atoms with E-state index in [1.165, 1.54) is 0 Å². The van der Waals surface area contributed by atoms with Gasteiger partial charge in [0.25, 0.3) is 0 Å². The van der Waals surface area contributed by atoms with Crippen LogP contribution in [-0.4, -0.2) is 0 Å². The van der Waals surface area contributed by atoms with Crippen molar-refractivity contribution in [3.63, 3.8) is 0 Å². The summed E-state index contributed by atoms with van der Waals surface area (Å²) in [6, 6.07) is 8.36. The molecule has 0 aliphatic carbocycles. The van der Waals surface area contributed by atoms with Crippen molar-refractivity contribution >= 4 is 11.3 Å². The normalized spacial score (nSPS) is 11.5. The minimum Gasteiger partial charge on any atom is -0.322 e. The van der Waals surface area contributed by atoms with Gasteiger partial charge in [-0.2, -0.15) is 0 Å².